The van der Waals surface area contributed by atoms with Crippen molar-refractivity contribution in [3.8, 4) is 11.3 Å². The minimum atomic E-state index is -0.554. The fraction of sp³-hybridized carbons (Fsp3) is 0.280. The molecule has 1 fully saturated rings. The van der Waals surface area contributed by atoms with E-state index in [9.17, 15) is 14.4 Å². The van der Waals surface area contributed by atoms with Crippen molar-refractivity contribution in [2.45, 2.75) is 13.0 Å². The number of anilines is 1. The molecule has 0 spiro atoms. The number of benzene rings is 2. The lowest BCUT2D eigenvalue weighted by atomic mass is 10.0. The Kier molecular flexibility index (Phi) is 6.26. The van der Waals surface area contributed by atoms with Gasteiger partial charge in [-0.25, -0.2) is 0 Å². The van der Waals surface area contributed by atoms with Crippen LogP contribution in [0, 0.1) is 0 Å². The Balaban J connectivity index is 1.50. The van der Waals surface area contributed by atoms with Crippen LogP contribution in [0.1, 0.15) is 27.6 Å². The van der Waals surface area contributed by atoms with E-state index in [-0.39, 0.29) is 11.9 Å². The zero-order valence-corrected chi connectivity index (χ0v) is 19.0. The van der Waals surface area contributed by atoms with Crippen molar-refractivity contribution in [1.29, 1.82) is 0 Å². The third-order valence-corrected chi connectivity index (χ3v) is 5.91. The predicted molar refractivity (Wildman–Crippen MR) is 126 cm³/mol. The molecule has 8 heteroatoms. The van der Waals surface area contributed by atoms with Gasteiger partial charge in [0.05, 0.1) is 11.3 Å². The van der Waals surface area contributed by atoms with Crippen LogP contribution < -0.4 is 4.90 Å². The van der Waals surface area contributed by atoms with Gasteiger partial charge >= 0.3 is 0 Å². The fourth-order valence-corrected chi connectivity index (χ4v) is 4.13. The van der Waals surface area contributed by atoms with Gasteiger partial charge in [-0.2, -0.15) is 5.10 Å². The molecular formula is C25H27N5O3. The zero-order valence-electron chi connectivity index (χ0n) is 19.0. The molecule has 2 heterocycles. The lowest BCUT2D eigenvalue weighted by Crippen LogP contribution is -2.56. The second-order valence-electron chi connectivity index (χ2n) is 8.38. The number of hydrogen-bond donors (Lipinski definition) is 1. The molecule has 1 saturated heterocycles. The second-order valence-corrected chi connectivity index (χ2v) is 8.38. The van der Waals surface area contributed by atoms with Gasteiger partial charge in [0.15, 0.2) is 0 Å². The van der Waals surface area contributed by atoms with Crippen molar-refractivity contribution in [2.24, 2.45) is 0 Å². The molecule has 4 rings (SSSR count). The minimum Gasteiger partial charge on any atom is -0.377 e. The largest absolute Gasteiger partial charge is 0.377 e. The van der Waals surface area contributed by atoms with Crippen LogP contribution in [0.15, 0.2) is 60.8 Å². The SMILES string of the molecule is CC1CN(C(=O)c2ccccc2)CCN1C(=O)C(=O)c1ccc(-c2cc[nH]n2)cc1N(C)C. The molecule has 2 aromatic carbocycles. The molecular weight excluding hydrogens is 418 g/mol. The van der Waals surface area contributed by atoms with Crippen LogP contribution in [0.2, 0.25) is 0 Å². The first-order valence-electron chi connectivity index (χ1n) is 10.9. The Morgan fingerprint density at radius 2 is 1.79 bits per heavy atom. The van der Waals surface area contributed by atoms with E-state index in [1.807, 2.05) is 56.3 Å². The van der Waals surface area contributed by atoms with Crippen LogP contribution in [0.5, 0.6) is 0 Å². The number of amides is 2. The van der Waals surface area contributed by atoms with E-state index in [0.29, 0.717) is 36.4 Å². The number of nitrogens with zero attached hydrogens (tertiary/aromatic N) is 4. The molecule has 0 bridgehead atoms. The number of Topliss-reactive ketones (excluding diaryl/α,β-unsaturated/α-hetero) is 1. The fourth-order valence-electron chi connectivity index (χ4n) is 4.13. The molecule has 1 aliphatic rings. The first-order chi connectivity index (χ1) is 15.9. The number of aromatic nitrogens is 2. The third kappa shape index (κ3) is 4.50. The van der Waals surface area contributed by atoms with E-state index in [4.69, 9.17) is 0 Å². The van der Waals surface area contributed by atoms with Crippen molar-refractivity contribution in [2.75, 3.05) is 38.6 Å². The second kappa shape index (κ2) is 9.28. The van der Waals surface area contributed by atoms with Crippen molar-refractivity contribution < 1.29 is 14.4 Å². The van der Waals surface area contributed by atoms with Crippen LogP contribution in [0.3, 0.4) is 0 Å². The Morgan fingerprint density at radius 3 is 2.42 bits per heavy atom. The average Bonchev–Trinajstić information content (AvgIpc) is 3.38. The van der Waals surface area contributed by atoms with Crippen molar-refractivity contribution in [3.63, 3.8) is 0 Å². The number of H-pyrrole nitrogens is 1. The molecule has 2 amide bonds. The standard InChI is InChI=1S/C25H27N5O3/c1-17-16-29(24(32)18-7-5-4-6-8-18)13-14-30(17)25(33)23(31)20-10-9-19(15-22(20)28(2)3)21-11-12-26-27-21/h4-12,15,17H,13-14,16H2,1-3H3,(H,26,27). The third-order valence-electron chi connectivity index (χ3n) is 5.91. The molecule has 1 aliphatic heterocycles. The van der Waals surface area contributed by atoms with Crippen molar-refractivity contribution in [3.05, 3.63) is 71.9 Å². The van der Waals surface area contributed by atoms with Crippen LogP contribution in [-0.2, 0) is 4.79 Å². The number of carbonyl (C=O) groups is 3. The maximum atomic E-state index is 13.2. The number of ketones is 1. The van der Waals surface area contributed by atoms with E-state index in [1.54, 1.807) is 40.3 Å². The van der Waals surface area contributed by atoms with Gasteiger partial charge in [0.1, 0.15) is 0 Å². The molecule has 170 valence electrons. The maximum absolute atomic E-state index is 13.2. The summed E-state index contributed by atoms with van der Waals surface area (Å²) in [6, 6.07) is 16.0. The maximum Gasteiger partial charge on any atom is 0.295 e. The monoisotopic (exact) mass is 445 g/mol. The molecule has 1 unspecified atom stereocenters. The summed E-state index contributed by atoms with van der Waals surface area (Å²) in [7, 11) is 3.67. The number of rotatable bonds is 5. The average molecular weight is 446 g/mol. The van der Waals surface area contributed by atoms with Gasteiger partial charge in [-0.15, -0.1) is 0 Å². The summed E-state index contributed by atoms with van der Waals surface area (Å²) in [6.07, 6.45) is 1.73. The molecule has 1 atom stereocenters. The topological polar surface area (TPSA) is 89.6 Å². The summed E-state index contributed by atoms with van der Waals surface area (Å²) < 4.78 is 0. The lowest BCUT2D eigenvalue weighted by molar-refractivity contribution is -0.130. The number of nitrogens with one attached hydrogen (secondary N) is 1. The van der Waals surface area contributed by atoms with Gasteiger partial charge in [-0.1, -0.05) is 24.3 Å². The van der Waals surface area contributed by atoms with Crippen molar-refractivity contribution >= 4 is 23.3 Å². The first-order valence-corrected chi connectivity index (χ1v) is 10.9. The molecule has 33 heavy (non-hydrogen) atoms. The van der Waals surface area contributed by atoms with E-state index in [1.165, 1.54) is 0 Å². The Morgan fingerprint density at radius 1 is 1.03 bits per heavy atom. The number of carbonyl (C=O) groups excluding carboxylic acids is 3. The summed E-state index contributed by atoms with van der Waals surface area (Å²) in [4.78, 5) is 44.3. The molecule has 1 aromatic heterocycles. The first kappa shape index (κ1) is 22.3. The Labute approximate surface area is 192 Å². The summed E-state index contributed by atoms with van der Waals surface area (Å²) >= 11 is 0. The Bertz CT molecular complexity index is 1160. The van der Waals surface area contributed by atoms with Gasteiger partial charge in [0.2, 0.25) is 0 Å². The minimum absolute atomic E-state index is 0.0651. The van der Waals surface area contributed by atoms with Gasteiger partial charge in [0, 0.05) is 62.8 Å². The van der Waals surface area contributed by atoms with E-state index in [0.717, 1.165) is 11.3 Å². The summed E-state index contributed by atoms with van der Waals surface area (Å²) in [5, 5.41) is 6.97. The normalized spacial score (nSPS) is 15.9. The lowest BCUT2D eigenvalue weighted by Gasteiger charge is -2.39. The van der Waals surface area contributed by atoms with Crippen LogP contribution in [0.25, 0.3) is 11.3 Å². The summed E-state index contributed by atoms with van der Waals surface area (Å²) in [5.41, 5.74) is 3.23. The molecule has 3 aromatic rings. The molecule has 8 nitrogen and oxygen atoms in total. The summed E-state index contributed by atoms with van der Waals surface area (Å²) in [5.74, 6) is -1.17. The van der Waals surface area contributed by atoms with Crippen molar-refractivity contribution in [1.82, 2.24) is 20.0 Å². The molecule has 0 aliphatic carbocycles. The smallest absolute Gasteiger partial charge is 0.295 e. The highest BCUT2D eigenvalue weighted by Crippen LogP contribution is 2.27. The van der Waals surface area contributed by atoms with Gasteiger partial charge in [0.25, 0.3) is 17.6 Å². The van der Waals surface area contributed by atoms with E-state index in [2.05, 4.69) is 10.2 Å². The molecule has 1 N–H and O–H groups in total. The van der Waals surface area contributed by atoms with Gasteiger partial charge in [-0.3, -0.25) is 19.5 Å². The predicted octanol–water partition coefficient (Wildman–Crippen LogP) is 2.70. The van der Waals surface area contributed by atoms with Crippen LogP contribution >= 0.6 is 0 Å². The van der Waals surface area contributed by atoms with E-state index >= 15 is 0 Å². The number of hydrogen-bond acceptors (Lipinski definition) is 5. The van der Waals surface area contributed by atoms with Gasteiger partial charge in [-0.05, 0) is 37.3 Å². The quantitative estimate of drug-likeness (QED) is 0.482. The highest BCUT2D eigenvalue weighted by atomic mass is 16.2. The van der Waals surface area contributed by atoms with Crippen LogP contribution in [-0.4, -0.2) is 77.4 Å². The molecule has 0 saturated carbocycles. The van der Waals surface area contributed by atoms with Crippen LogP contribution in [0.4, 0.5) is 5.69 Å². The number of piperazine rings is 1. The Hall–Kier alpha value is -3.94. The summed E-state index contributed by atoms with van der Waals surface area (Å²) in [6.45, 7) is 2.94. The number of aromatic amines is 1. The highest BCUT2D eigenvalue weighted by Gasteiger charge is 2.34. The van der Waals surface area contributed by atoms with Gasteiger partial charge < -0.3 is 14.7 Å². The molecule has 0 radical (unpaired) electrons. The highest BCUT2D eigenvalue weighted by molar-refractivity contribution is 6.44. The van der Waals surface area contributed by atoms with E-state index < -0.39 is 11.7 Å². The zero-order chi connectivity index (χ0) is 23.5.